The van der Waals surface area contributed by atoms with E-state index in [0.717, 1.165) is 19.3 Å². The topological polar surface area (TPSA) is 81.6 Å². The molecule has 4 N–H and O–H groups in total. The van der Waals surface area contributed by atoms with E-state index in [4.69, 9.17) is 0 Å². The van der Waals surface area contributed by atoms with Crippen LogP contribution in [0.15, 0.2) is 18.2 Å². The number of hydrogen-bond donors (Lipinski definition) is 4. The van der Waals surface area contributed by atoms with Crippen LogP contribution in [0.1, 0.15) is 36.5 Å². The number of rotatable bonds is 3. The molecule has 1 saturated heterocycles. The summed E-state index contributed by atoms with van der Waals surface area (Å²) in [6, 6.07) is 4.98. The van der Waals surface area contributed by atoms with E-state index in [9.17, 15) is 15.0 Å². The highest BCUT2D eigenvalue weighted by Crippen LogP contribution is 2.25. The first-order valence-electron chi connectivity index (χ1n) is 6.63. The number of phenols is 2. The molecule has 2 unspecified atom stereocenters. The molecule has 1 aromatic carbocycles. The summed E-state index contributed by atoms with van der Waals surface area (Å²) in [5.41, 5.74) is -0.0636. The van der Waals surface area contributed by atoms with Crippen LogP contribution in [0.5, 0.6) is 11.5 Å². The zero-order valence-electron chi connectivity index (χ0n) is 11.0. The van der Waals surface area contributed by atoms with Gasteiger partial charge in [-0.25, -0.2) is 0 Å². The first kappa shape index (κ1) is 13.7. The number of benzene rings is 1. The minimum absolute atomic E-state index is 0.0636. The van der Waals surface area contributed by atoms with Crippen LogP contribution in [0, 0.1) is 0 Å². The highest BCUT2D eigenvalue weighted by molar-refractivity contribution is 5.99. The van der Waals surface area contributed by atoms with Crippen LogP contribution in [-0.2, 0) is 0 Å². The van der Waals surface area contributed by atoms with Gasteiger partial charge in [0.15, 0.2) is 0 Å². The lowest BCUT2D eigenvalue weighted by atomic mass is 9.99. The Kier molecular flexibility index (Phi) is 4.27. The van der Waals surface area contributed by atoms with Gasteiger partial charge in [-0.15, -0.1) is 0 Å². The molecule has 1 amide bonds. The Morgan fingerprint density at radius 3 is 2.68 bits per heavy atom. The molecule has 0 aliphatic carbocycles. The number of hydrogen-bond acceptors (Lipinski definition) is 4. The molecule has 1 fully saturated rings. The van der Waals surface area contributed by atoms with Gasteiger partial charge in [0.1, 0.15) is 17.1 Å². The molecule has 1 aromatic rings. The lowest BCUT2D eigenvalue weighted by Crippen LogP contribution is -2.47. The maximum absolute atomic E-state index is 12.0. The molecule has 1 aliphatic rings. The van der Waals surface area contributed by atoms with Gasteiger partial charge >= 0.3 is 0 Å². The van der Waals surface area contributed by atoms with E-state index in [0.29, 0.717) is 12.6 Å². The fourth-order valence-corrected chi connectivity index (χ4v) is 2.47. The van der Waals surface area contributed by atoms with Crippen molar-refractivity contribution in [2.75, 3.05) is 6.54 Å². The number of amides is 1. The van der Waals surface area contributed by atoms with E-state index in [-0.39, 0.29) is 23.1 Å². The molecule has 0 saturated carbocycles. The van der Waals surface area contributed by atoms with Crippen LogP contribution >= 0.6 is 0 Å². The molecule has 2 rings (SSSR count). The highest BCUT2D eigenvalue weighted by atomic mass is 16.3. The molecule has 0 aromatic heterocycles. The largest absolute Gasteiger partial charge is 0.507 e. The van der Waals surface area contributed by atoms with E-state index in [1.165, 1.54) is 18.2 Å². The Labute approximate surface area is 112 Å². The summed E-state index contributed by atoms with van der Waals surface area (Å²) < 4.78 is 0. The van der Waals surface area contributed by atoms with E-state index >= 15 is 0 Å². The number of carbonyl (C=O) groups is 1. The van der Waals surface area contributed by atoms with Gasteiger partial charge in [0, 0.05) is 18.6 Å². The van der Waals surface area contributed by atoms with Crippen molar-refractivity contribution in [3.8, 4) is 11.5 Å². The standard InChI is InChI=1S/C14H20N2O3/c1-9-4-2-5-10(16-9)8-15-14(19)13-11(17)6-3-7-12(13)18/h3,6-7,9-10,16-18H,2,4-5,8H2,1H3,(H,15,19). The second-order valence-electron chi connectivity index (χ2n) is 5.08. The first-order chi connectivity index (χ1) is 9.08. The molecule has 5 heteroatoms. The van der Waals surface area contributed by atoms with Crippen molar-refractivity contribution in [3.05, 3.63) is 23.8 Å². The Hall–Kier alpha value is -1.75. The Bertz CT molecular complexity index is 442. The van der Waals surface area contributed by atoms with Crippen molar-refractivity contribution in [2.45, 2.75) is 38.3 Å². The van der Waals surface area contributed by atoms with Gasteiger partial charge in [-0.05, 0) is 31.9 Å². The summed E-state index contributed by atoms with van der Waals surface area (Å²) in [5, 5.41) is 25.4. The summed E-state index contributed by atoms with van der Waals surface area (Å²) >= 11 is 0. The van der Waals surface area contributed by atoms with Gasteiger partial charge in [-0.1, -0.05) is 12.5 Å². The highest BCUT2D eigenvalue weighted by Gasteiger charge is 2.20. The lowest BCUT2D eigenvalue weighted by Gasteiger charge is -2.28. The normalized spacial score (nSPS) is 23.0. The van der Waals surface area contributed by atoms with E-state index in [2.05, 4.69) is 17.6 Å². The number of aromatic hydroxyl groups is 2. The number of nitrogens with one attached hydrogen (secondary N) is 2. The van der Waals surface area contributed by atoms with Gasteiger partial charge in [0.25, 0.3) is 5.91 Å². The predicted molar refractivity (Wildman–Crippen MR) is 72.3 cm³/mol. The van der Waals surface area contributed by atoms with Crippen molar-refractivity contribution in [3.63, 3.8) is 0 Å². The number of piperidine rings is 1. The summed E-state index contributed by atoms with van der Waals surface area (Å²) in [7, 11) is 0. The van der Waals surface area contributed by atoms with Crippen molar-refractivity contribution in [1.82, 2.24) is 10.6 Å². The Morgan fingerprint density at radius 2 is 2.05 bits per heavy atom. The number of carbonyl (C=O) groups excluding carboxylic acids is 1. The fraction of sp³-hybridized carbons (Fsp3) is 0.500. The molecular weight excluding hydrogens is 244 g/mol. The predicted octanol–water partition coefficient (Wildman–Crippen LogP) is 1.36. The molecule has 1 aliphatic heterocycles. The molecule has 19 heavy (non-hydrogen) atoms. The molecule has 104 valence electrons. The van der Waals surface area contributed by atoms with Crippen LogP contribution in [0.4, 0.5) is 0 Å². The van der Waals surface area contributed by atoms with Gasteiger partial charge in [-0.3, -0.25) is 4.79 Å². The van der Waals surface area contributed by atoms with E-state index < -0.39 is 5.91 Å². The Balaban J connectivity index is 1.94. The van der Waals surface area contributed by atoms with Crippen LogP contribution < -0.4 is 10.6 Å². The quantitative estimate of drug-likeness (QED) is 0.664. The second kappa shape index (κ2) is 5.93. The zero-order valence-corrected chi connectivity index (χ0v) is 11.0. The van der Waals surface area contributed by atoms with Crippen molar-refractivity contribution >= 4 is 5.91 Å². The van der Waals surface area contributed by atoms with Gasteiger partial charge < -0.3 is 20.8 Å². The SMILES string of the molecule is CC1CCCC(CNC(=O)c2c(O)cccc2O)N1. The monoisotopic (exact) mass is 264 g/mol. The molecule has 0 spiro atoms. The van der Waals surface area contributed by atoms with Crippen molar-refractivity contribution in [1.29, 1.82) is 0 Å². The molecular formula is C14H20N2O3. The molecule has 1 heterocycles. The van der Waals surface area contributed by atoms with E-state index in [1.54, 1.807) is 0 Å². The van der Waals surface area contributed by atoms with Crippen LogP contribution in [0.25, 0.3) is 0 Å². The summed E-state index contributed by atoms with van der Waals surface area (Å²) in [6.07, 6.45) is 3.33. The third-order valence-corrected chi connectivity index (χ3v) is 3.47. The summed E-state index contributed by atoms with van der Waals surface area (Å²) in [6.45, 7) is 2.62. The average molecular weight is 264 g/mol. The zero-order chi connectivity index (χ0) is 13.8. The molecule has 5 nitrogen and oxygen atoms in total. The van der Waals surface area contributed by atoms with Crippen LogP contribution in [0.3, 0.4) is 0 Å². The minimum atomic E-state index is -0.448. The Morgan fingerprint density at radius 1 is 1.37 bits per heavy atom. The lowest BCUT2D eigenvalue weighted by molar-refractivity contribution is 0.0941. The second-order valence-corrected chi connectivity index (χ2v) is 5.08. The van der Waals surface area contributed by atoms with E-state index in [1.807, 2.05) is 0 Å². The molecule has 0 bridgehead atoms. The third kappa shape index (κ3) is 3.38. The van der Waals surface area contributed by atoms with Crippen LogP contribution in [0.2, 0.25) is 0 Å². The third-order valence-electron chi connectivity index (χ3n) is 3.47. The minimum Gasteiger partial charge on any atom is -0.507 e. The van der Waals surface area contributed by atoms with Gasteiger partial charge in [-0.2, -0.15) is 0 Å². The maximum Gasteiger partial charge on any atom is 0.258 e. The van der Waals surface area contributed by atoms with Crippen molar-refractivity contribution < 1.29 is 15.0 Å². The summed E-state index contributed by atoms with van der Waals surface area (Å²) in [4.78, 5) is 12.0. The smallest absolute Gasteiger partial charge is 0.258 e. The maximum atomic E-state index is 12.0. The fourth-order valence-electron chi connectivity index (χ4n) is 2.47. The molecule has 0 radical (unpaired) electrons. The number of phenolic OH excluding ortho intramolecular Hbond substituents is 2. The molecule has 2 atom stereocenters. The van der Waals surface area contributed by atoms with Gasteiger partial charge in [0.2, 0.25) is 0 Å². The summed E-state index contributed by atoms with van der Waals surface area (Å²) in [5.74, 6) is -0.861. The van der Waals surface area contributed by atoms with Crippen LogP contribution in [-0.4, -0.2) is 34.7 Å². The van der Waals surface area contributed by atoms with Gasteiger partial charge in [0.05, 0.1) is 0 Å². The first-order valence-corrected chi connectivity index (χ1v) is 6.63. The van der Waals surface area contributed by atoms with Crippen molar-refractivity contribution in [2.24, 2.45) is 0 Å². The average Bonchev–Trinajstić information content (AvgIpc) is 2.36.